The van der Waals surface area contributed by atoms with Crippen LogP contribution >= 0.6 is 0 Å². The van der Waals surface area contributed by atoms with Crippen molar-refractivity contribution < 1.29 is 9.47 Å². The molecule has 4 nitrogen and oxygen atoms in total. The first-order valence-electron chi connectivity index (χ1n) is 5.43. The van der Waals surface area contributed by atoms with E-state index in [9.17, 15) is 0 Å². The van der Waals surface area contributed by atoms with Crippen LogP contribution in [0.5, 0.6) is 0 Å². The summed E-state index contributed by atoms with van der Waals surface area (Å²) in [6.45, 7) is 8.75. The van der Waals surface area contributed by atoms with Crippen molar-refractivity contribution in [2.45, 2.75) is 6.04 Å². The van der Waals surface area contributed by atoms with Crippen molar-refractivity contribution in [3.05, 3.63) is 12.7 Å². The average molecular weight is 214 g/mol. The number of nitrogens with zero attached hydrogens (tertiary/aromatic N) is 1. The van der Waals surface area contributed by atoms with E-state index < -0.39 is 0 Å². The number of hydrogen-bond donors (Lipinski definition) is 1. The van der Waals surface area contributed by atoms with Crippen molar-refractivity contribution in [2.24, 2.45) is 11.7 Å². The summed E-state index contributed by atoms with van der Waals surface area (Å²) in [5.74, 6) is 0.446. The van der Waals surface area contributed by atoms with Gasteiger partial charge in [-0.3, -0.25) is 4.90 Å². The average Bonchev–Trinajstić information content (AvgIpc) is 2.61. The molecular formula is C11H22N2O2. The van der Waals surface area contributed by atoms with E-state index in [1.165, 1.54) is 0 Å². The minimum absolute atomic E-state index is 0.180. The Morgan fingerprint density at radius 1 is 1.60 bits per heavy atom. The molecule has 1 fully saturated rings. The first kappa shape index (κ1) is 12.6. The van der Waals surface area contributed by atoms with Crippen molar-refractivity contribution in [1.82, 2.24) is 4.90 Å². The van der Waals surface area contributed by atoms with E-state index in [-0.39, 0.29) is 6.04 Å². The molecule has 2 atom stereocenters. The van der Waals surface area contributed by atoms with Crippen LogP contribution in [-0.4, -0.2) is 57.5 Å². The SMILES string of the molecule is C=CCN(CCOC)CC1COCC1N. The van der Waals surface area contributed by atoms with Crippen molar-refractivity contribution in [3.63, 3.8) is 0 Å². The second-order valence-electron chi connectivity index (χ2n) is 4.00. The van der Waals surface area contributed by atoms with Crippen LogP contribution in [0.1, 0.15) is 0 Å². The summed E-state index contributed by atoms with van der Waals surface area (Å²) in [7, 11) is 1.72. The molecule has 0 spiro atoms. The van der Waals surface area contributed by atoms with Gasteiger partial charge in [0.2, 0.25) is 0 Å². The van der Waals surface area contributed by atoms with Gasteiger partial charge in [-0.2, -0.15) is 0 Å². The van der Waals surface area contributed by atoms with Crippen molar-refractivity contribution >= 4 is 0 Å². The molecule has 0 amide bonds. The molecule has 0 aromatic heterocycles. The van der Waals surface area contributed by atoms with Gasteiger partial charge in [0.25, 0.3) is 0 Å². The number of nitrogens with two attached hydrogens (primary N) is 1. The molecule has 1 aliphatic heterocycles. The molecule has 15 heavy (non-hydrogen) atoms. The Labute approximate surface area is 92.0 Å². The van der Waals surface area contributed by atoms with Gasteiger partial charge in [-0.1, -0.05) is 6.08 Å². The molecule has 0 aromatic rings. The summed E-state index contributed by atoms with van der Waals surface area (Å²) >= 11 is 0. The number of hydrogen-bond acceptors (Lipinski definition) is 4. The van der Waals surface area contributed by atoms with Gasteiger partial charge in [-0.05, 0) is 0 Å². The Morgan fingerprint density at radius 3 is 2.93 bits per heavy atom. The minimum Gasteiger partial charge on any atom is -0.383 e. The Morgan fingerprint density at radius 2 is 2.40 bits per heavy atom. The van der Waals surface area contributed by atoms with Crippen molar-refractivity contribution in [2.75, 3.05) is 46.6 Å². The Balaban J connectivity index is 2.31. The van der Waals surface area contributed by atoms with E-state index in [1.54, 1.807) is 7.11 Å². The van der Waals surface area contributed by atoms with Crippen LogP contribution in [0, 0.1) is 5.92 Å². The minimum atomic E-state index is 0.180. The maximum atomic E-state index is 5.94. The number of ether oxygens (including phenoxy) is 2. The molecule has 0 aliphatic carbocycles. The zero-order valence-corrected chi connectivity index (χ0v) is 9.52. The number of methoxy groups -OCH3 is 1. The molecule has 1 saturated heterocycles. The van der Waals surface area contributed by atoms with E-state index >= 15 is 0 Å². The Hall–Kier alpha value is -0.420. The third-order valence-corrected chi connectivity index (χ3v) is 2.74. The van der Waals surface area contributed by atoms with Crippen LogP contribution in [0.15, 0.2) is 12.7 Å². The maximum absolute atomic E-state index is 5.94. The van der Waals surface area contributed by atoms with Gasteiger partial charge in [-0.15, -0.1) is 6.58 Å². The second-order valence-corrected chi connectivity index (χ2v) is 4.00. The predicted molar refractivity (Wildman–Crippen MR) is 60.8 cm³/mol. The molecule has 1 rings (SSSR count). The molecular weight excluding hydrogens is 192 g/mol. The lowest BCUT2D eigenvalue weighted by Crippen LogP contribution is -2.39. The smallest absolute Gasteiger partial charge is 0.0621 e. The third-order valence-electron chi connectivity index (χ3n) is 2.74. The van der Waals surface area contributed by atoms with Gasteiger partial charge < -0.3 is 15.2 Å². The zero-order valence-electron chi connectivity index (χ0n) is 9.52. The summed E-state index contributed by atoms with van der Waals surface area (Å²) < 4.78 is 10.4. The van der Waals surface area contributed by atoms with Gasteiger partial charge in [-0.25, -0.2) is 0 Å². The standard InChI is InChI=1S/C11H22N2O2/c1-3-4-13(5-6-14-2)7-10-8-15-9-11(10)12/h3,10-11H,1,4-9,12H2,2H3. The largest absolute Gasteiger partial charge is 0.383 e. The quantitative estimate of drug-likeness (QED) is 0.610. The predicted octanol–water partition coefficient (Wildman–Crippen LogP) is 0.0945. The van der Waals surface area contributed by atoms with Gasteiger partial charge in [0.05, 0.1) is 19.8 Å². The molecule has 88 valence electrons. The first-order valence-corrected chi connectivity index (χ1v) is 5.43. The lowest BCUT2D eigenvalue weighted by molar-refractivity contribution is 0.134. The third kappa shape index (κ3) is 4.30. The molecule has 1 heterocycles. The van der Waals surface area contributed by atoms with Crippen molar-refractivity contribution in [3.8, 4) is 0 Å². The van der Waals surface area contributed by atoms with E-state index in [4.69, 9.17) is 15.2 Å². The van der Waals surface area contributed by atoms with Crippen molar-refractivity contribution in [1.29, 1.82) is 0 Å². The summed E-state index contributed by atoms with van der Waals surface area (Å²) in [5.41, 5.74) is 5.94. The van der Waals surface area contributed by atoms with E-state index in [0.717, 1.165) is 32.8 Å². The van der Waals surface area contributed by atoms with Crippen LogP contribution < -0.4 is 5.73 Å². The van der Waals surface area contributed by atoms with Gasteiger partial charge in [0.1, 0.15) is 0 Å². The molecule has 0 radical (unpaired) electrons. The highest BCUT2D eigenvalue weighted by Crippen LogP contribution is 2.13. The van der Waals surface area contributed by atoms with Crippen LogP contribution in [0.25, 0.3) is 0 Å². The molecule has 2 unspecified atom stereocenters. The molecule has 1 aliphatic rings. The normalized spacial score (nSPS) is 26.1. The highest BCUT2D eigenvalue weighted by atomic mass is 16.5. The van der Waals surface area contributed by atoms with Crippen LogP contribution in [0.4, 0.5) is 0 Å². The summed E-state index contributed by atoms with van der Waals surface area (Å²) in [4.78, 5) is 2.30. The fraction of sp³-hybridized carbons (Fsp3) is 0.818. The monoisotopic (exact) mass is 214 g/mol. The molecule has 0 aromatic carbocycles. The van der Waals surface area contributed by atoms with Gasteiger partial charge in [0.15, 0.2) is 0 Å². The van der Waals surface area contributed by atoms with E-state index in [1.807, 2.05) is 6.08 Å². The fourth-order valence-corrected chi connectivity index (χ4v) is 1.79. The zero-order chi connectivity index (χ0) is 11.1. The van der Waals surface area contributed by atoms with E-state index in [2.05, 4.69) is 11.5 Å². The van der Waals surface area contributed by atoms with Gasteiger partial charge in [0, 0.05) is 38.7 Å². The topological polar surface area (TPSA) is 47.7 Å². The van der Waals surface area contributed by atoms with Crippen LogP contribution in [-0.2, 0) is 9.47 Å². The van der Waals surface area contributed by atoms with Crippen LogP contribution in [0.2, 0.25) is 0 Å². The maximum Gasteiger partial charge on any atom is 0.0621 e. The molecule has 0 bridgehead atoms. The molecule has 2 N–H and O–H groups in total. The lowest BCUT2D eigenvalue weighted by atomic mass is 10.0. The van der Waals surface area contributed by atoms with Crippen LogP contribution in [0.3, 0.4) is 0 Å². The number of rotatable bonds is 7. The first-order chi connectivity index (χ1) is 7.27. The van der Waals surface area contributed by atoms with E-state index in [0.29, 0.717) is 12.5 Å². The summed E-state index contributed by atoms with van der Waals surface area (Å²) in [6.07, 6.45) is 1.91. The highest BCUT2D eigenvalue weighted by Gasteiger charge is 2.26. The Bertz CT molecular complexity index is 187. The molecule has 0 saturated carbocycles. The van der Waals surface area contributed by atoms with Gasteiger partial charge >= 0.3 is 0 Å². The second kappa shape index (κ2) is 6.95. The Kier molecular flexibility index (Phi) is 5.86. The highest BCUT2D eigenvalue weighted by molar-refractivity contribution is 4.83. The molecule has 4 heteroatoms. The summed E-state index contributed by atoms with van der Waals surface area (Å²) in [5, 5.41) is 0. The lowest BCUT2D eigenvalue weighted by Gasteiger charge is -2.24. The fourth-order valence-electron chi connectivity index (χ4n) is 1.79. The summed E-state index contributed by atoms with van der Waals surface area (Å²) in [6, 6.07) is 0.180.